The molecule has 0 aliphatic rings. The standard InChI is InChI=1S/C6H6ClF2N/c1-4(8)6(9)2-5(7)3-10/h2-3H,1,10H2/b5-3+,6-2+. The summed E-state index contributed by atoms with van der Waals surface area (Å²) in [5, 5.41) is -0.0729. The molecule has 0 radical (unpaired) electrons. The Morgan fingerprint density at radius 3 is 2.30 bits per heavy atom. The maximum absolute atomic E-state index is 12.2. The van der Waals surface area contributed by atoms with Crippen LogP contribution in [-0.4, -0.2) is 0 Å². The third-order valence-corrected chi connectivity index (χ3v) is 0.918. The Kier molecular flexibility index (Phi) is 3.72. The van der Waals surface area contributed by atoms with E-state index in [-0.39, 0.29) is 5.03 Å². The van der Waals surface area contributed by atoms with Crippen molar-refractivity contribution in [2.75, 3.05) is 0 Å². The van der Waals surface area contributed by atoms with Gasteiger partial charge in [-0.05, 0) is 6.08 Å². The van der Waals surface area contributed by atoms with Crippen molar-refractivity contribution in [3.05, 3.63) is 35.5 Å². The summed E-state index contributed by atoms with van der Waals surface area (Å²) in [5.41, 5.74) is 4.86. The van der Waals surface area contributed by atoms with Crippen LogP contribution >= 0.6 is 11.6 Å². The molecule has 4 heteroatoms. The molecule has 0 heterocycles. The van der Waals surface area contributed by atoms with E-state index in [1.54, 1.807) is 0 Å². The second-order valence-corrected chi connectivity index (χ2v) is 1.89. The zero-order valence-corrected chi connectivity index (χ0v) is 5.83. The van der Waals surface area contributed by atoms with Gasteiger partial charge in [0.05, 0.1) is 5.03 Å². The molecule has 0 atom stereocenters. The molecular weight excluding hydrogens is 160 g/mol. The molecule has 0 aromatic rings. The van der Waals surface area contributed by atoms with Gasteiger partial charge in [-0.1, -0.05) is 18.2 Å². The van der Waals surface area contributed by atoms with E-state index in [1.807, 2.05) is 0 Å². The number of rotatable bonds is 2. The van der Waals surface area contributed by atoms with E-state index in [9.17, 15) is 8.78 Å². The van der Waals surface area contributed by atoms with Crippen LogP contribution in [0, 0.1) is 0 Å². The molecule has 0 saturated carbocycles. The summed E-state index contributed by atoms with van der Waals surface area (Å²) < 4.78 is 24.0. The van der Waals surface area contributed by atoms with Gasteiger partial charge in [-0.25, -0.2) is 8.78 Å². The molecule has 0 fully saturated rings. The Labute approximate surface area is 62.5 Å². The molecule has 0 rings (SSSR count). The van der Waals surface area contributed by atoms with Gasteiger partial charge >= 0.3 is 0 Å². The molecule has 56 valence electrons. The van der Waals surface area contributed by atoms with Crippen LogP contribution in [0.2, 0.25) is 0 Å². The average molecular weight is 166 g/mol. The molecule has 10 heavy (non-hydrogen) atoms. The fourth-order valence-corrected chi connectivity index (χ4v) is 0.343. The van der Waals surface area contributed by atoms with Gasteiger partial charge in [0.25, 0.3) is 0 Å². The summed E-state index contributed by atoms with van der Waals surface area (Å²) in [6, 6.07) is 0. The summed E-state index contributed by atoms with van der Waals surface area (Å²) in [6.07, 6.45) is 1.69. The lowest BCUT2D eigenvalue weighted by Crippen LogP contribution is -1.80. The molecule has 0 aromatic carbocycles. The molecule has 0 spiro atoms. The van der Waals surface area contributed by atoms with Crippen molar-refractivity contribution < 1.29 is 8.78 Å². The summed E-state index contributed by atoms with van der Waals surface area (Å²) in [5.74, 6) is -2.29. The van der Waals surface area contributed by atoms with E-state index >= 15 is 0 Å². The Morgan fingerprint density at radius 1 is 1.50 bits per heavy atom. The number of hydrogen-bond donors (Lipinski definition) is 1. The molecule has 0 saturated heterocycles. The lowest BCUT2D eigenvalue weighted by Gasteiger charge is -1.88. The smallest absolute Gasteiger partial charge is 0.159 e. The Balaban J connectivity index is 4.31. The minimum Gasteiger partial charge on any atom is -0.403 e. The highest BCUT2D eigenvalue weighted by Gasteiger charge is 1.98. The lowest BCUT2D eigenvalue weighted by atomic mass is 10.4. The summed E-state index contributed by atoms with van der Waals surface area (Å²) >= 11 is 5.22. The minimum atomic E-state index is -1.17. The first-order valence-corrected chi connectivity index (χ1v) is 2.75. The minimum absolute atomic E-state index is 0.0729. The van der Waals surface area contributed by atoms with E-state index in [0.717, 1.165) is 12.3 Å². The highest BCUT2D eigenvalue weighted by Crippen LogP contribution is 2.14. The van der Waals surface area contributed by atoms with Crippen molar-refractivity contribution in [1.82, 2.24) is 0 Å². The van der Waals surface area contributed by atoms with E-state index < -0.39 is 11.7 Å². The average Bonchev–Trinajstić information content (AvgIpc) is 1.87. The molecule has 1 nitrogen and oxygen atoms in total. The van der Waals surface area contributed by atoms with Crippen LogP contribution in [0.3, 0.4) is 0 Å². The molecule has 0 aromatic heterocycles. The third kappa shape index (κ3) is 3.25. The van der Waals surface area contributed by atoms with Crippen LogP contribution < -0.4 is 5.73 Å². The zero-order chi connectivity index (χ0) is 8.15. The SMILES string of the molecule is C=C(F)/C(F)=C\C(Cl)=C/N. The van der Waals surface area contributed by atoms with E-state index in [4.69, 9.17) is 17.3 Å². The predicted molar refractivity (Wildman–Crippen MR) is 37.6 cm³/mol. The van der Waals surface area contributed by atoms with Crippen molar-refractivity contribution >= 4 is 11.6 Å². The Hall–Kier alpha value is -0.830. The molecule has 0 aliphatic heterocycles. The van der Waals surface area contributed by atoms with Gasteiger partial charge in [-0.2, -0.15) is 0 Å². The van der Waals surface area contributed by atoms with Crippen LogP contribution in [0.15, 0.2) is 35.5 Å². The molecule has 0 unspecified atom stereocenters. The maximum atomic E-state index is 12.2. The highest BCUT2D eigenvalue weighted by atomic mass is 35.5. The van der Waals surface area contributed by atoms with E-state index in [1.165, 1.54) is 0 Å². The summed E-state index contributed by atoms with van der Waals surface area (Å²) in [4.78, 5) is 0. The van der Waals surface area contributed by atoms with Gasteiger partial charge in [0.15, 0.2) is 11.7 Å². The van der Waals surface area contributed by atoms with E-state index in [2.05, 4.69) is 6.58 Å². The normalized spacial score (nSPS) is 13.5. The molecular formula is C6H6ClF2N. The summed E-state index contributed by atoms with van der Waals surface area (Å²) in [6.45, 7) is 2.71. The topological polar surface area (TPSA) is 26.0 Å². The highest BCUT2D eigenvalue weighted by molar-refractivity contribution is 6.31. The quantitative estimate of drug-likeness (QED) is 0.625. The number of halogens is 3. The second-order valence-electron chi connectivity index (χ2n) is 1.45. The van der Waals surface area contributed by atoms with Gasteiger partial charge in [-0.3, -0.25) is 0 Å². The van der Waals surface area contributed by atoms with Gasteiger partial charge in [0, 0.05) is 6.20 Å². The monoisotopic (exact) mass is 165 g/mol. The van der Waals surface area contributed by atoms with Crippen LogP contribution in [0.4, 0.5) is 8.78 Å². The molecule has 0 amide bonds. The van der Waals surface area contributed by atoms with Crippen molar-refractivity contribution in [1.29, 1.82) is 0 Å². The van der Waals surface area contributed by atoms with Gasteiger partial charge in [0.2, 0.25) is 0 Å². The largest absolute Gasteiger partial charge is 0.403 e. The fourth-order valence-electron chi connectivity index (χ4n) is 0.247. The van der Waals surface area contributed by atoms with Gasteiger partial charge < -0.3 is 5.73 Å². The van der Waals surface area contributed by atoms with Crippen molar-refractivity contribution in [3.63, 3.8) is 0 Å². The van der Waals surface area contributed by atoms with Crippen molar-refractivity contribution in [3.8, 4) is 0 Å². The van der Waals surface area contributed by atoms with Gasteiger partial charge in [0.1, 0.15) is 0 Å². The zero-order valence-electron chi connectivity index (χ0n) is 5.07. The molecule has 0 aliphatic carbocycles. The molecule has 0 bridgehead atoms. The molecule has 2 N–H and O–H groups in total. The van der Waals surface area contributed by atoms with Crippen LogP contribution in [0.5, 0.6) is 0 Å². The predicted octanol–water partition coefficient (Wildman–Crippen LogP) is 2.36. The number of hydrogen-bond acceptors (Lipinski definition) is 1. The van der Waals surface area contributed by atoms with Crippen molar-refractivity contribution in [2.24, 2.45) is 5.73 Å². The third-order valence-electron chi connectivity index (χ3n) is 0.683. The second kappa shape index (κ2) is 4.06. The summed E-state index contributed by atoms with van der Waals surface area (Å²) in [7, 11) is 0. The van der Waals surface area contributed by atoms with E-state index in [0.29, 0.717) is 0 Å². The number of nitrogens with two attached hydrogens (primary N) is 1. The van der Waals surface area contributed by atoms with Gasteiger partial charge in [-0.15, -0.1) is 0 Å². The fraction of sp³-hybridized carbons (Fsp3) is 0. The lowest BCUT2D eigenvalue weighted by molar-refractivity contribution is 0.548. The first-order valence-electron chi connectivity index (χ1n) is 2.37. The first-order chi connectivity index (χ1) is 4.57. The van der Waals surface area contributed by atoms with Crippen molar-refractivity contribution in [2.45, 2.75) is 0 Å². The Morgan fingerprint density at radius 2 is 2.00 bits per heavy atom. The Bertz CT molecular complexity index is 196. The van der Waals surface area contributed by atoms with Crippen LogP contribution in [-0.2, 0) is 0 Å². The van der Waals surface area contributed by atoms with Crippen LogP contribution in [0.25, 0.3) is 0 Å². The van der Waals surface area contributed by atoms with Crippen LogP contribution in [0.1, 0.15) is 0 Å². The number of allylic oxidation sites excluding steroid dienone is 4. The maximum Gasteiger partial charge on any atom is 0.159 e. The first kappa shape index (κ1) is 9.17.